The second-order valence-corrected chi connectivity index (χ2v) is 13.0. The molecule has 0 bridgehead atoms. The molecule has 210 valence electrons. The maximum absolute atomic E-state index is 12.0. The minimum Gasteiger partial charge on any atom is -0.393 e. The van der Waals surface area contributed by atoms with Gasteiger partial charge in [-0.15, -0.1) is 11.6 Å². The minimum absolute atomic E-state index is 0.0718. The number of carbonyl (C=O) groups is 1. The Kier molecular flexibility index (Phi) is 6.34. The van der Waals surface area contributed by atoms with Crippen molar-refractivity contribution in [1.82, 2.24) is 5.32 Å². The van der Waals surface area contributed by atoms with Crippen LogP contribution in [0.4, 0.5) is 0 Å². The van der Waals surface area contributed by atoms with E-state index in [1.54, 1.807) is 0 Å². The largest absolute Gasteiger partial charge is 0.393 e. The Bertz CT molecular complexity index is 1080. The van der Waals surface area contributed by atoms with Gasteiger partial charge in [0.2, 0.25) is 11.7 Å². The zero-order chi connectivity index (χ0) is 27.0. The number of amides is 1. The molecule has 3 saturated carbocycles. The van der Waals surface area contributed by atoms with Crippen molar-refractivity contribution >= 4 is 23.2 Å². The molecule has 9 nitrogen and oxygen atoms in total. The molecule has 10 heteroatoms. The molecule has 9 atom stereocenters. The average molecular weight is 551 g/mol. The lowest BCUT2D eigenvalue weighted by Crippen LogP contribution is -2.71. The zero-order valence-corrected chi connectivity index (χ0v) is 23.4. The summed E-state index contributed by atoms with van der Waals surface area (Å²) in [4.78, 5) is 15.6. The monoisotopic (exact) mass is 550 g/mol. The molecule has 0 aromatic heterocycles. The Balaban J connectivity index is 1.30. The van der Waals surface area contributed by atoms with Crippen LogP contribution < -0.4 is 5.32 Å². The summed E-state index contributed by atoms with van der Waals surface area (Å²) in [5.41, 5.74) is 0.213. The zero-order valence-electron chi connectivity index (χ0n) is 22.6. The van der Waals surface area contributed by atoms with Gasteiger partial charge in [0.05, 0.1) is 17.5 Å². The van der Waals surface area contributed by atoms with Gasteiger partial charge in [-0.05, 0) is 55.6 Å². The van der Waals surface area contributed by atoms with Crippen molar-refractivity contribution < 1.29 is 33.7 Å². The van der Waals surface area contributed by atoms with Crippen LogP contribution in [0.15, 0.2) is 29.0 Å². The SMILES string of the molecule is CC(=O)NCCO/N=C1\C=C[C@@]2(C)C(=C1)CC[C@H]1[C@@H]3C[C@H](C)[C@@]4(OCOC45COCO5)[C@@]3(C)C[C@H](O)[C@@]12Cl. The number of oxime groups is 1. The van der Waals surface area contributed by atoms with Gasteiger partial charge in [-0.2, -0.15) is 0 Å². The van der Waals surface area contributed by atoms with Gasteiger partial charge < -0.3 is 34.2 Å². The van der Waals surface area contributed by atoms with Gasteiger partial charge in [0, 0.05) is 17.8 Å². The van der Waals surface area contributed by atoms with E-state index in [2.05, 4.69) is 37.3 Å². The molecule has 4 aliphatic carbocycles. The fourth-order valence-electron chi connectivity index (χ4n) is 9.20. The third-order valence-corrected chi connectivity index (χ3v) is 11.7. The summed E-state index contributed by atoms with van der Waals surface area (Å²) < 4.78 is 24.5. The van der Waals surface area contributed by atoms with Crippen LogP contribution in [-0.2, 0) is 28.6 Å². The van der Waals surface area contributed by atoms with Crippen LogP contribution in [0.1, 0.15) is 53.4 Å². The normalized spacial score (nSPS) is 50.2. The van der Waals surface area contributed by atoms with Gasteiger partial charge in [0.1, 0.15) is 24.5 Å². The third-order valence-electron chi connectivity index (χ3n) is 10.7. The minimum atomic E-state index is -0.957. The molecule has 5 fully saturated rings. The number of nitrogens with zero attached hydrogens (tertiary/aromatic N) is 1. The first-order chi connectivity index (χ1) is 18.0. The highest BCUT2D eigenvalue weighted by Gasteiger charge is 2.81. The second kappa shape index (κ2) is 9.01. The number of alkyl halides is 1. The summed E-state index contributed by atoms with van der Waals surface area (Å²) in [5.74, 6) is -0.616. The predicted octanol–water partition coefficient (Wildman–Crippen LogP) is 3.26. The first-order valence-electron chi connectivity index (χ1n) is 13.8. The Hall–Kier alpha value is -1.49. The molecule has 1 unspecified atom stereocenters. The van der Waals surface area contributed by atoms with Crippen LogP contribution in [0.2, 0.25) is 0 Å². The number of hydrogen-bond donors (Lipinski definition) is 2. The van der Waals surface area contributed by atoms with Gasteiger partial charge >= 0.3 is 0 Å². The highest BCUT2D eigenvalue weighted by molar-refractivity contribution is 6.26. The molecule has 2 aliphatic heterocycles. The van der Waals surface area contributed by atoms with Gasteiger partial charge in [0.15, 0.2) is 13.6 Å². The second-order valence-electron chi connectivity index (χ2n) is 12.3. The Labute approximate surface area is 228 Å². The van der Waals surface area contributed by atoms with E-state index in [1.165, 1.54) is 6.92 Å². The number of carbonyl (C=O) groups excluding carboxylic acids is 1. The lowest BCUT2D eigenvalue weighted by Gasteiger charge is -2.64. The van der Waals surface area contributed by atoms with E-state index in [4.69, 9.17) is 35.4 Å². The fraction of sp³-hybridized carbons (Fsp3) is 0.786. The van der Waals surface area contributed by atoms with Gasteiger partial charge in [-0.3, -0.25) is 4.79 Å². The van der Waals surface area contributed by atoms with E-state index in [0.29, 0.717) is 31.9 Å². The van der Waals surface area contributed by atoms with Crippen LogP contribution in [0, 0.1) is 28.6 Å². The number of allylic oxidation sites excluding steroid dienone is 4. The summed E-state index contributed by atoms with van der Waals surface area (Å²) >= 11 is 7.71. The Morgan fingerprint density at radius 1 is 1.26 bits per heavy atom. The lowest BCUT2D eigenvalue weighted by atomic mass is 9.45. The van der Waals surface area contributed by atoms with Gasteiger partial charge in [0.25, 0.3) is 0 Å². The average Bonchev–Trinajstić information content (AvgIpc) is 3.55. The van der Waals surface area contributed by atoms with Crippen LogP contribution in [-0.4, -0.2) is 72.4 Å². The molecule has 1 amide bonds. The molecule has 2 spiro atoms. The molecule has 2 heterocycles. The fourth-order valence-corrected chi connectivity index (χ4v) is 9.72. The summed E-state index contributed by atoms with van der Waals surface area (Å²) in [6.45, 7) is 9.43. The number of hydrogen-bond acceptors (Lipinski definition) is 8. The number of fused-ring (bicyclic) bond motifs is 7. The van der Waals surface area contributed by atoms with Crippen LogP contribution in [0.3, 0.4) is 0 Å². The van der Waals surface area contributed by atoms with Crippen molar-refractivity contribution in [2.24, 2.45) is 33.7 Å². The summed E-state index contributed by atoms with van der Waals surface area (Å²) in [6.07, 6.45) is 8.43. The molecule has 6 aliphatic rings. The van der Waals surface area contributed by atoms with Crippen LogP contribution >= 0.6 is 11.6 Å². The maximum Gasteiger partial charge on any atom is 0.227 e. The number of nitrogens with one attached hydrogen (secondary N) is 1. The van der Waals surface area contributed by atoms with Gasteiger partial charge in [-0.1, -0.05) is 37.6 Å². The van der Waals surface area contributed by atoms with Crippen molar-refractivity contribution in [2.45, 2.75) is 75.7 Å². The van der Waals surface area contributed by atoms with E-state index in [9.17, 15) is 9.90 Å². The Morgan fingerprint density at radius 3 is 2.79 bits per heavy atom. The molecule has 38 heavy (non-hydrogen) atoms. The summed E-state index contributed by atoms with van der Waals surface area (Å²) in [5, 5.41) is 18.9. The number of halogens is 1. The molecular formula is C28H39ClN2O7. The van der Waals surface area contributed by atoms with E-state index < -0.39 is 33.2 Å². The van der Waals surface area contributed by atoms with Crippen LogP contribution in [0.25, 0.3) is 0 Å². The molecule has 6 rings (SSSR count). The van der Waals surface area contributed by atoms with Crippen molar-refractivity contribution in [2.75, 3.05) is 33.3 Å². The summed E-state index contributed by atoms with van der Waals surface area (Å²) in [6, 6.07) is 0. The Morgan fingerprint density at radius 2 is 2.05 bits per heavy atom. The van der Waals surface area contributed by atoms with E-state index in [1.807, 2.05) is 12.2 Å². The number of aliphatic hydroxyl groups excluding tert-OH is 1. The quantitative estimate of drug-likeness (QED) is 0.314. The first kappa shape index (κ1) is 26.7. The number of rotatable bonds is 4. The smallest absolute Gasteiger partial charge is 0.227 e. The first-order valence-corrected chi connectivity index (χ1v) is 14.1. The molecule has 0 aromatic rings. The predicted molar refractivity (Wildman–Crippen MR) is 139 cm³/mol. The molecule has 0 aromatic carbocycles. The van der Waals surface area contributed by atoms with Crippen molar-refractivity contribution in [3.05, 3.63) is 23.8 Å². The van der Waals surface area contributed by atoms with Crippen molar-refractivity contribution in [1.29, 1.82) is 0 Å². The highest BCUT2D eigenvalue weighted by Crippen LogP contribution is 2.74. The molecule has 2 saturated heterocycles. The van der Waals surface area contributed by atoms with E-state index in [0.717, 1.165) is 24.8 Å². The highest BCUT2D eigenvalue weighted by atomic mass is 35.5. The summed E-state index contributed by atoms with van der Waals surface area (Å²) in [7, 11) is 0. The number of ether oxygens (including phenoxy) is 4. The maximum atomic E-state index is 12.0. The molecular weight excluding hydrogens is 512 g/mol. The number of aliphatic hydroxyl groups is 1. The van der Waals surface area contributed by atoms with Gasteiger partial charge in [-0.25, -0.2) is 0 Å². The third kappa shape index (κ3) is 3.29. The van der Waals surface area contributed by atoms with Crippen LogP contribution in [0.5, 0.6) is 0 Å². The van der Waals surface area contributed by atoms with E-state index >= 15 is 0 Å². The van der Waals surface area contributed by atoms with E-state index in [-0.39, 0.29) is 37.2 Å². The van der Waals surface area contributed by atoms with Crippen molar-refractivity contribution in [3.8, 4) is 0 Å². The lowest BCUT2D eigenvalue weighted by molar-refractivity contribution is -0.264. The van der Waals surface area contributed by atoms with Crippen molar-refractivity contribution in [3.63, 3.8) is 0 Å². The molecule has 2 N–H and O–H groups in total. The topological polar surface area (TPSA) is 108 Å². The molecule has 0 radical (unpaired) electrons. The standard InChI is InChI=1S/C28H39ClN2O7/c1-17-11-22-21-6-5-19-12-20(31-38-10-9-30-18(2)32)7-8-24(19,3)27(21,29)23(33)13-25(22,4)28(17)26(36-16-37-28)14-34-15-35-26/h7-8,12,17,21-23,33H,5-6,9-11,13-16H2,1-4H3,(H,30,32)/b31-20+/t17-,21-,22-,23-,24-,25-,26?,27-,28+/m0/s1.